The molecule has 5 heteroatoms. The molecule has 3 nitrogen and oxygen atoms in total. The highest BCUT2D eigenvalue weighted by Gasteiger charge is 2.44. The second-order valence-corrected chi connectivity index (χ2v) is 5.59. The number of hydrogen-bond acceptors (Lipinski definition) is 1. The summed E-state index contributed by atoms with van der Waals surface area (Å²) in [5.74, 6) is -0.364. The smallest absolute Gasteiger partial charge is 0.243 e. The van der Waals surface area contributed by atoms with Gasteiger partial charge in [-0.1, -0.05) is 12.1 Å². The van der Waals surface area contributed by atoms with Crippen LogP contribution in [0.5, 0.6) is 0 Å². The third-order valence-electron chi connectivity index (χ3n) is 4.09. The molecule has 0 spiro atoms. The van der Waals surface area contributed by atoms with Crippen molar-refractivity contribution in [1.29, 1.82) is 0 Å². The predicted molar refractivity (Wildman–Crippen MR) is 76.2 cm³/mol. The Hall–Kier alpha value is -1.65. The number of nitrogens with one attached hydrogen (secondary N) is 1. The normalized spacial score (nSPS) is 25.4. The van der Waals surface area contributed by atoms with E-state index in [0.29, 0.717) is 6.42 Å². The minimum absolute atomic E-state index is 0.247. The maximum atomic E-state index is 12.4. The van der Waals surface area contributed by atoms with E-state index in [9.17, 15) is 8.78 Å². The van der Waals surface area contributed by atoms with Gasteiger partial charge in [0, 0.05) is 11.6 Å². The van der Waals surface area contributed by atoms with E-state index in [-0.39, 0.29) is 12.0 Å². The molecule has 1 aromatic rings. The number of alkyl halides is 2. The first-order valence-corrected chi connectivity index (χ1v) is 7.14. The van der Waals surface area contributed by atoms with Gasteiger partial charge < -0.3 is 11.1 Å². The molecule has 108 valence electrons. The molecule has 0 aliphatic heterocycles. The molecule has 2 aliphatic rings. The lowest BCUT2D eigenvalue weighted by Gasteiger charge is -2.19. The number of benzene rings is 1. The second-order valence-electron chi connectivity index (χ2n) is 5.59. The van der Waals surface area contributed by atoms with Gasteiger partial charge in [0.15, 0.2) is 5.96 Å². The number of guanidine groups is 1. The maximum Gasteiger partial charge on any atom is 0.243 e. The lowest BCUT2D eigenvalue weighted by atomic mass is 9.90. The van der Waals surface area contributed by atoms with E-state index in [0.717, 1.165) is 18.5 Å². The standard InChI is InChI=1S/C15H19F2N3/c16-14(17)11-8-13(11)20-15(18)19-12-7-3-5-9-4-1-2-6-10(9)12/h3,5,7,11,13-14H,1-2,4,6,8H2,(H3,18,19,20)/t11-,13-/m0/s1. The Bertz CT molecular complexity index is 528. The molecule has 3 rings (SSSR count). The van der Waals surface area contributed by atoms with Crippen molar-refractivity contribution in [2.75, 3.05) is 5.32 Å². The highest BCUT2D eigenvalue weighted by atomic mass is 19.3. The molecule has 0 heterocycles. The molecular formula is C15H19F2N3. The molecule has 1 aromatic carbocycles. The van der Waals surface area contributed by atoms with Crippen molar-refractivity contribution in [1.82, 2.24) is 0 Å². The highest BCUT2D eigenvalue weighted by Crippen LogP contribution is 2.39. The van der Waals surface area contributed by atoms with E-state index < -0.39 is 12.3 Å². The van der Waals surface area contributed by atoms with Crippen LogP contribution in [0.3, 0.4) is 0 Å². The van der Waals surface area contributed by atoms with Crippen LogP contribution < -0.4 is 11.1 Å². The Morgan fingerprint density at radius 2 is 2.10 bits per heavy atom. The Labute approximate surface area is 117 Å². The average molecular weight is 279 g/mol. The number of halogens is 2. The molecule has 1 saturated carbocycles. The van der Waals surface area contributed by atoms with E-state index in [2.05, 4.69) is 16.4 Å². The number of nitrogens with zero attached hydrogens (tertiary/aromatic N) is 1. The van der Waals surface area contributed by atoms with Crippen LogP contribution in [-0.2, 0) is 12.8 Å². The van der Waals surface area contributed by atoms with Gasteiger partial charge in [0.25, 0.3) is 0 Å². The van der Waals surface area contributed by atoms with E-state index in [4.69, 9.17) is 5.73 Å². The molecule has 3 N–H and O–H groups in total. The minimum atomic E-state index is -2.29. The summed E-state index contributed by atoms with van der Waals surface area (Å²) in [6.45, 7) is 0. The van der Waals surface area contributed by atoms with Crippen molar-refractivity contribution >= 4 is 11.6 Å². The number of rotatable bonds is 3. The van der Waals surface area contributed by atoms with Crippen LogP contribution in [0.2, 0.25) is 0 Å². The molecule has 20 heavy (non-hydrogen) atoms. The number of hydrogen-bond donors (Lipinski definition) is 2. The second kappa shape index (κ2) is 5.38. The zero-order chi connectivity index (χ0) is 14.1. The fourth-order valence-corrected chi connectivity index (χ4v) is 2.87. The number of nitrogens with two attached hydrogens (primary N) is 1. The van der Waals surface area contributed by atoms with Crippen molar-refractivity contribution in [3.05, 3.63) is 29.3 Å². The van der Waals surface area contributed by atoms with E-state index >= 15 is 0 Å². The first-order valence-electron chi connectivity index (χ1n) is 7.14. The summed E-state index contributed by atoms with van der Waals surface area (Å²) in [6, 6.07) is 5.80. The summed E-state index contributed by atoms with van der Waals surface area (Å²) in [5.41, 5.74) is 9.45. The molecular weight excluding hydrogens is 260 g/mol. The molecule has 2 aliphatic carbocycles. The molecule has 0 unspecified atom stereocenters. The van der Waals surface area contributed by atoms with Crippen LogP contribution in [0.1, 0.15) is 30.4 Å². The molecule has 2 atom stereocenters. The van der Waals surface area contributed by atoms with Crippen molar-refractivity contribution in [3.63, 3.8) is 0 Å². The van der Waals surface area contributed by atoms with Gasteiger partial charge in [0.1, 0.15) is 0 Å². The monoisotopic (exact) mass is 279 g/mol. The van der Waals surface area contributed by atoms with Crippen molar-refractivity contribution < 1.29 is 8.78 Å². The van der Waals surface area contributed by atoms with E-state index in [1.807, 2.05) is 12.1 Å². The highest BCUT2D eigenvalue weighted by molar-refractivity contribution is 5.93. The maximum absolute atomic E-state index is 12.4. The predicted octanol–water partition coefficient (Wildman–Crippen LogP) is 2.95. The van der Waals surface area contributed by atoms with Crippen LogP contribution in [0.4, 0.5) is 14.5 Å². The van der Waals surface area contributed by atoms with Crippen molar-refractivity contribution in [2.24, 2.45) is 16.6 Å². The Morgan fingerprint density at radius 1 is 1.30 bits per heavy atom. The van der Waals surface area contributed by atoms with Crippen LogP contribution in [0.25, 0.3) is 0 Å². The Kier molecular flexibility index (Phi) is 3.59. The summed E-state index contributed by atoms with van der Waals surface area (Å²) in [4.78, 5) is 4.14. The third kappa shape index (κ3) is 2.76. The fourth-order valence-electron chi connectivity index (χ4n) is 2.87. The van der Waals surface area contributed by atoms with Gasteiger partial charge in [0.2, 0.25) is 6.43 Å². The zero-order valence-corrected chi connectivity index (χ0v) is 11.3. The molecule has 0 bridgehead atoms. The molecule has 1 fully saturated rings. The molecule has 0 aromatic heterocycles. The number of aliphatic imine (C=N–C) groups is 1. The SMILES string of the molecule is NC(=N[C@H]1C[C@@H]1C(F)F)Nc1cccc2c1CCCC2. The average Bonchev–Trinajstić information content (AvgIpc) is 3.18. The van der Waals surface area contributed by atoms with Crippen LogP contribution in [-0.4, -0.2) is 18.4 Å². The summed E-state index contributed by atoms with van der Waals surface area (Å²) in [7, 11) is 0. The summed E-state index contributed by atoms with van der Waals surface area (Å²) < 4.78 is 24.9. The molecule has 0 radical (unpaired) electrons. The number of fused-ring (bicyclic) bond motifs is 1. The van der Waals surface area contributed by atoms with Gasteiger partial charge in [-0.3, -0.25) is 0 Å². The van der Waals surface area contributed by atoms with Crippen LogP contribution in [0.15, 0.2) is 23.2 Å². The lowest BCUT2D eigenvalue weighted by molar-refractivity contribution is 0.121. The minimum Gasteiger partial charge on any atom is -0.370 e. The van der Waals surface area contributed by atoms with Crippen LogP contribution >= 0.6 is 0 Å². The van der Waals surface area contributed by atoms with Gasteiger partial charge in [0.05, 0.1) is 6.04 Å². The number of aryl methyl sites for hydroxylation is 1. The lowest BCUT2D eigenvalue weighted by Crippen LogP contribution is -2.24. The van der Waals surface area contributed by atoms with Gasteiger partial charge in [-0.15, -0.1) is 0 Å². The van der Waals surface area contributed by atoms with E-state index in [1.54, 1.807) is 0 Å². The Balaban J connectivity index is 1.70. The molecule has 0 saturated heterocycles. The Morgan fingerprint density at radius 3 is 2.85 bits per heavy atom. The van der Waals surface area contributed by atoms with Gasteiger partial charge in [-0.2, -0.15) is 0 Å². The van der Waals surface area contributed by atoms with Gasteiger partial charge in [-0.25, -0.2) is 13.8 Å². The first-order chi connectivity index (χ1) is 9.65. The topological polar surface area (TPSA) is 50.4 Å². The summed E-state index contributed by atoms with van der Waals surface area (Å²) in [5, 5.41) is 3.08. The quantitative estimate of drug-likeness (QED) is 0.660. The largest absolute Gasteiger partial charge is 0.370 e. The van der Waals surface area contributed by atoms with Crippen molar-refractivity contribution in [3.8, 4) is 0 Å². The fraction of sp³-hybridized carbons (Fsp3) is 0.533. The zero-order valence-electron chi connectivity index (χ0n) is 11.3. The first kappa shape index (κ1) is 13.3. The number of anilines is 1. The summed E-state index contributed by atoms with van der Waals surface area (Å²) in [6.07, 6.45) is 2.68. The third-order valence-corrected chi connectivity index (χ3v) is 4.09. The molecule has 0 amide bonds. The van der Waals surface area contributed by atoms with E-state index in [1.165, 1.54) is 24.0 Å². The van der Waals surface area contributed by atoms with Crippen LogP contribution in [0, 0.1) is 5.92 Å². The summed E-state index contributed by atoms with van der Waals surface area (Å²) >= 11 is 0. The van der Waals surface area contributed by atoms with Crippen molar-refractivity contribution in [2.45, 2.75) is 44.6 Å². The van der Waals surface area contributed by atoms with Gasteiger partial charge in [-0.05, 0) is 49.3 Å². The van der Waals surface area contributed by atoms with Gasteiger partial charge >= 0.3 is 0 Å².